The Morgan fingerprint density at radius 2 is 1.49 bits per heavy atom. The van der Waals surface area contributed by atoms with Gasteiger partial charge < -0.3 is 57.1 Å². The van der Waals surface area contributed by atoms with Gasteiger partial charge in [-0.3, -0.25) is 47.9 Å². The smallest absolute Gasteiger partial charge is 0.248 e. The van der Waals surface area contributed by atoms with Gasteiger partial charge in [-0.2, -0.15) is 0 Å². The number of likely N-dealkylation sites (tertiary alicyclic amines) is 2. The molecule has 3 aliphatic rings. The van der Waals surface area contributed by atoms with Crippen LogP contribution < -0.4 is 32.3 Å². The van der Waals surface area contributed by atoms with Gasteiger partial charge in [0.1, 0.15) is 36.8 Å². The minimum Gasteiger partial charge on any atom is -0.387 e. The lowest BCUT2D eigenvalue weighted by Gasteiger charge is -2.30. The van der Waals surface area contributed by atoms with Crippen LogP contribution in [0.5, 0.6) is 0 Å². The number of aromatic nitrogens is 1. The van der Waals surface area contributed by atoms with Gasteiger partial charge in [0, 0.05) is 48.9 Å². The van der Waals surface area contributed by atoms with Crippen molar-refractivity contribution in [2.45, 2.75) is 152 Å². The van der Waals surface area contributed by atoms with Crippen molar-refractivity contribution >= 4 is 69.7 Å². The van der Waals surface area contributed by atoms with Crippen LogP contribution in [0.4, 0.5) is 0 Å². The number of carbonyl (C=O) groups is 10. The molecule has 0 radical (unpaired) electrons. The highest BCUT2D eigenvalue weighted by molar-refractivity contribution is 5.99. The van der Waals surface area contributed by atoms with Gasteiger partial charge in [0.2, 0.25) is 47.3 Å². The van der Waals surface area contributed by atoms with Crippen LogP contribution >= 0.6 is 0 Å². The van der Waals surface area contributed by atoms with Crippen LogP contribution in [0.15, 0.2) is 30.5 Å². The third-order valence-corrected chi connectivity index (χ3v) is 13.6. The molecule has 4 heterocycles. The van der Waals surface area contributed by atoms with Gasteiger partial charge in [0.05, 0.1) is 18.5 Å². The molecule has 5 rings (SSSR count). The molecule has 0 spiro atoms. The van der Waals surface area contributed by atoms with Crippen molar-refractivity contribution in [1.29, 1.82) is 0 Å². The van der Waals surface area contributed by atoms with Crippen molar-refractivity contribution < 1.29 is 53.1 Å². The number of ketones is 2. The highest BCUT2D eigenvalue weighted by Crippen LogP contribution is 2.25. The predicted molar refractivity (Wildman–Crippen MR) is 257 cm³/mol. The van der Waals surface area contributed by atoms with Crippen molar-refractivity contribution in [2.75, 3.05) is 40.3 Å². The van der Waals surface area contributed by atoms with Gasteiger partial charge in [0.15, 0.2) is 11.6 Å². The molecule has 384 valence electrons. The zero-order valence-corrected chi connectivity index (χ0v) is 40.9. The number of aromatic amines is 1. The molecule has 3 fully saturated rings. The topological polar surface area (TPSA) is 303 Å². The highest BCUT2D eigenvalue weighted by atomic mass is 16.3. The largest absolute Gasteiger partial charge is 0.387 e. The molecule has 9 N–H and O–H groups in total. The summed E-state index contributed by atoms with van der Waals surface area (Å²) in [5.74, 6) is -7.40. The maximum absolute atomic E-state index is 14.4. The third kappa shape index (κ3) is 15.1. The number of hydrogen-bond acceptors (Lipinski definition) is 12. The highest BCUT2D eigenvalue weighted by Gasteiger charge is 2.40. The van der Waals surface area contributed by atoms with Gasteiger partial charge in [0.25, 0.3) is 0 Å². The molecule has 8 amide bonds. The van der Waals surface area contributed by atoms with E-state index < -0.39 is 114 Å². The first-order chi connectivity index (χ1) is 33.4. The number of Topliss-reactive ketones (excluding diaryl/α,β-unsaturated/α-hetero) is 2. The Hall–Kier alpha value is -6.22. The number of unbranched alkanes of at least 4 members (excludes halogenated alkanes) is 1. The molecule has 3 saturated heterocycles. The third-order valence-electron chi connectivity index (χ3n) is 13.6. The molecule has 2 aromatic rings. The van der Waals surface area contributed by atoms with Crippen molar-refractivity contribution in [3.63, 3.8) is 0 Å². The Bertz CT molecular complexity index is 2230. The quantitative estimate of drug-likeness (QED) is 0.129. The van der Waals surface area contributed by atoms with Crippen molar-refractivity contribution in [3.05, 3.63) is 36.0 Å². The fourth-order valence-electron chi connectivity index (χ4n) is 9.56. The first-order valence-electron chi connectivity index (χ1n) is 24.6. The molecule has 1 aromatic heterocycles. The number of benzene rings is 1. The number of nitrogens with one attached hydrogen (secondary N) is 6. The van der Waals surface area contributed by atoms with E-state index in [-0.39, 0.29) is 63.8 Å². The number of primary amides is 1. The van der Waals surface area contributed by atoms with E-state index in [0.29, 0.717) is 51.5 Å². The summed E-state index contributed by atoms with van der Waals surface area (Å²) in [6.07, 6.45) is 4.97. The summed E-state index contributed by atoms with van der Waals surface area (Å²) in [6, 6.07) is -0.581. The van der Waals surface area contributed by atoms with Crippen LogP contribution in [0.1, 0.15) is 109 Å². The van der Waals surface area contributed by atoms with E-state index in [1.165, 1.54) is 16.7 Å². The minimum absolute atomic E-state index is 0.0104. The fraction of sp³-hybridized carbons (Fsp3) is 0.633. The van der Waals surface area contributed by atoms with Crippen molar-refractivity contribution in [3.8, 4) is 0 Å². The summed E-state index contributed by atoms with van der Waals surface area (Å²) >= 11 is 0. The summed E-state index contributed by atoms with van der Waals surface area (Å²) < 4.78 is 0. The van der Waals surface area contributed by atoms with E-state index in [2.05, 4.69) is 31.6 Å². The Morgan fingerprint density at radius 1 is 0.771 bits per heavy atom. The lowest BCUT2D eigenvalue weighted by atomic mass is 9.89. The summed E-state index contributed by atoms with van der Waals surface area (Å²) in [6.45, 7) is 3.20. The molecule has 0 aliphatic carbocycles. The molecule has 21 nitrogen and oxygen atoms in total. The maximum Gasteiger partial charge on any atom is 0.248 e. The second-order valence-electron chi connectivity index (χ2n) is 19.2. The number of H-pyrrole nitrogens is 1. The van der Waals surface area contributed by atoms with E-state index in [4.69, 9.17) is 5.73 Å². The summed E-state index contributed by atoms with van der Waals surface area (Å²) in [5, 5.41) is 23.9. The Labute approximate surface area is 408 Å². The molecular weight excluding hydrogens is 905 g/mol. The molecule has 1 aromatic carbocycles. The van der Waals surface area contributed by atoms with Crippen LogP contribution in [-0.2, 0) is 54.4 Å². The molecule has 3 aliphatic heterocycles. The molecule has 1 unspecified atom stereocenters. The Kier molecular flexibility index (Phi) is 20.4. The number of fused-ring (bicyclic) bond motifs is 1. The van der Waals surface area contributed by atoms with Crippen LogP contribution in [0.25, 0.3) is 10.9 Å². The number of aliphatic hydroxyl groups is 1. The normalized spacial score (nSPS) is 26.4. The number of nitrogens with zero attached hydrogens (tertiary/aromatic N) is 3. The molecule has 21 heteroatoms. The van der Waals surface area contributed by atoms with E-state index in [9.17, 15) is 53.1 Å². The number of nitrogens with two attached hydrogens (primary N) is 1. The van der Waals surface area contributed by atoms with Gasteiger partial charge in [-0.25, -0.2) is 0 Å². The summed E-state index contributed by atoms with van der Waals surface area (Å²) in [7, 11) is 3.83. The van der Waals surface area contributed by atoms with Crippen LogP contribution in [0.2, 0.25) is 0 Å². The SMILES string of the molecule is C[C@@H]1NC(=O)[C@H](Cc2c[nH]c3ccccc23)CC(=O)C(CCCCN(C)C)NC(=O)[C@H](C)NC(=O)C[C@@H](C(=O)N2CCC[C@H]2C(N)=O)NC(=O)[C@@H](NC(=O)[C@@H]2CCCN2C(=O)CO)CCCCCC1=O. The molecule has 0 saturated carbocycles. The van der Waals surface area contributed by atoms with E-state index in [1.807, 2.05) is 43.3 Å². The number of hydrogen-bond donors (Lipinski definition) is 8. The van der Waals surface area contributed by atoms with Crippen molar-refractivity contribution in [2.24, 2.45) is 11.7 Å². The second-order valence-corrected chi connectivity index (χ2v) is 19.2. The van der Waals surface area contributed by atoms with Crippen LogP contribution in [0.3, 0.4) is 0 Å². The number of para-hydroxylation sites is 1. The molecule has 8 atom stereocenters. The van der Waals surface area contributed by atoms with Gasteiger partial charge >= 0.3 is 0 Å². The summed E-state index contributed by atoms with van der Waals surface area (Å²) in [4.78, 5) is 145. The van der Waals surface area contributed by atoms with E-state index in [1.54, 1.807) is 13.1 Å². The monoisotopic (exact) mass is 977 g/mol. The number of carbonyl (C=O) groups excluding carboxylic acids is 10. The average Bonchev–Trinajstić information content (AvgIpc) is 4.12. The zero-order chi connectivity index (χ0) is 51.1. The first-order valence-corrected chi connectivity index (χ1v) is 24.6. The van der Waals surface area contributed by atoms with Gasteiger partial charge in [-0.05, 0) is 110 Å². The predicted octanol–water partition coefficient (Wildman–Crippen LogP) is -0.136. The minimum atomic E-state index is -1.59. The van der Waals surface area contributed by atoms with Gasteiger partial charge in [-0.15, -0.1) is 0 Å². The number of aliphatic hydroxyl groups excluding tert-OH is 1. The van der Waals surface area contributed by atoms with Crippen LogP contribution in [0, 0.1) is 5.92 Å². The lowest BCUT2D eigenvalue weighted by Crippen LogP contribution is -2.59. The lowest BCUT2D eigenvalue weighted by molar-refractivity contribution is -0.143. The second kappa shape index (κ2) is 26.1. The summed E-state index contributed by atoms with van der Waals surface area (Å²) in [5.41, 5.74) is 7.27. The molecule has 0 bridgehead atoms. The van der Waals surface area contributed by atoms with E-state index in [0.717, 1.165) is 16.5 Å². The van der Waals surface area contributed by atoms with Crippen molar-refractivity contribution in [1.82, 2.24) is 46.3 Å². The number of amides is 8. The fourth-order valence-corrected chi connectivity index (χ4v) is 9.56. The number of rotatable bonds is 12. The zero-order valence-electron chi connectivity index (χ0n) is 40.9. The van der Waals surface area contributed by atoms with E-state index >= 15 is 0 Å². The Morgan fingerprint density at radius 3 is 2.20 bits per heavy atom. The maximum atomic E-state index is 14.4. The molecule has 70 heavy (non-hydrogen) atoms. The molecular formula is C49H72N10O11. The van der Waals surface area contributed by atoms with Gasteiger partial charge in [-0.1, -0.05) is 31.0 Å². The van der Waals surface area contributed by atoms with Crippen LogP contribution in [-0.4, -0.2) is 166 Å². The standard InChI is InChI=1S/C49H72N10O11/c1-29-40(61)20-7-5-6-17-36(55-48(69)39-19-13-22-58(39)43(64)28-60)47(68)56-37(49(70)59-23-12-18-38(59)44(50)65)26-42(63)52-30(2)45(66)54-35(16-10-11-21-57(3)4)41(62)25-31(46(67)53-29)24-32-27-51-34-15-9-8-14-33(32)34/h8-9,14-15,27,29-31,35-39,51,60H,5-7,10-13,16-26,28H2,1-4H3,(H2,50,65)(H,52,63)(H,53,67)(H,54,66)(H,55,69)(H,56,68)/t29-,30-,31+,35?,36-,37-,38-,39-/m0/s1. The Balaban J connectivity index is 1.45. The first kappa shape index (κ1) is 54.7. The average molecular weight is 977 g/mol.